The Hall–Kier alpha value is -1.35. The lowest BCUT2D eigenvalue weighted by Crippen LogP contribution is -2.36. The molecule has 1 N–H and O–H groups in total. The molecule has 1 aromatic rings. The van der Waals surface area contributed by atoms with Crippen molar-refractivity contribution in [3.8, 4) is 0 Å². The van der Waals surface area contributed by atoms with Crippen LogP contribution < -0.4 is 5.32 Å². The Morgan fingerprint density at radius 3 is 2.33 bits per heavy atom. The van der Waals surface area contributed by atoms with Crippen LogP contribution >= 0.6 is 0 Å². The van der Waals surface area contributed by atoms with Crippen LogP contribution in [0.15, 0.2) is 24.3 Å². The van der Waals surface area contributed by atoms with E-state index >= 15 is 0 Å². The second kappa shape index (κ2) is 7.08. The summed E-state index contributed by atoms with van der Waals surface area (Å²) in [7, 11) is 0. The topological polar surface area (TPSA) is 32.3 Å². The number of nitrogens with one attached hydrogen (secondary N) is 1. The van der Waals surface area contributed by atoms with Crippen LogP contribution in [0.5, 0.6) is 0 Å². The maximum absolute atomic E-state index is 12.1. The fourth-order valence-corrected chi connectivity index (χ4v) is 3.62. The van der Waals surface area contributed by atoms with Crippen molar-refractivity contribution in [1.82, 2.24) is 4.90 Å². The van der Waals surface area contributed by atoms with Gasteiger partial charge in [0.1, 0.15) is 0 Å². The summed E-state index contributed by atoms with van der Waals surface area (Å²) in [6.07, 6.45) is 9.12. The van der Waals surface area contributed by atoms with E-state index < -0.39 is 0 Å². The van der Waals surface area contributed by atoms with Gasteiger partial charge in [-0.2, -0.15) is 0 Å². The summed E-state index contributed by atoms with van der Waals surface area (Å²) in [5.74, 6) is 0.855. The van der Waals surface area contributed by atoms with Crippen molar-refractivity contribution in [2.24, 2.45) is 0 Å². The third-order valence-corrected chi connectivity index (χ3v) is 4.84. The van der Waals surface area contributed by atoms with Gasteiger partial charge in [-0.15, -0.1) is 0 Å². The first-order chi connectivity index (χ1) is 10.3. The zero-order chi connectivity index (χ0) is 14.5. The van der Waals surface area contributed by atoms with Gasteiger partial charge in [-0.05, 0) is 62.4 Å². The number of likely N-dealkylation sites (tertiary alicyclic amines) is 1. The lowest BCUT2D eigenvalue weighted by molar-refractivity contribution is -0.117. The number of amides is 1. The summed E-state index contributed by atoms with van der Waals surface area (Å²) < 4.78 is 0. The molecular weight excluding hydrogens is 260 g/mol. The molecule has 0 radical (unpaired) electrons. The molecule has 0 atom stereocenters. The number of anilines is 1. The van der Waals surface area contributed by atoms with E-state index in [1.54, 1.807) is 0 Å². The Labute approximate surface area is 127 Å². The van der Waals surface area contributed by atoms with Crippen LogP contribution in [-0.4, -0.2) is 30.4 Å². The molecular formula is C18H26N2O. The number of hydrogen-bond acceptors (Lipinski definition) is 2. The molecule has 114 valence electrons. The first kappa shape index (κ1) is 14.6. The van der Waals surface area contributed by atoms with E-state index in [1.807, 2.05) is 0 Å². The van der Waals surface area contributed by atoms with E-state index in [9.17, 15) is 4.79 Å². The molecule has 1 saturated carbocycles. The Kier molecular flexibility index (Phi) is 4.91. The van der Waals surface area contributed by atoms with Gasteiger partial charge in [0.25, 0.3) is 0 Å². The summed E-state index contributed by atoms with van der Waals surface area (Å²) in [5.41, 5.74) is 2.36. The van der Waals surface area contributed by atoms with Gasteiger partial charge in [0, 0.05) is 5.69 Å². The van der Waals surface area contributed by atoms with Crippen molar-refractivity contribution in [2.75, 3.05) is 25.0 Å². The predicted molar refractivity (Wildman–Crippen MR) is 86.6 cm³/mol. The third-order valence-electron chi connectivity index (χ3n) is 4.84. The third kappa shape index (κ3) is 4.07. The molecule has 0 bridgehead atoms. The normalized spacial score (nSPS) is 20.6. The monoisotopic (exact) mass is 286 g/mol. The highest BCUT2D eigenvalue weighted by atomic mass is 16.2. The average molecular weight is 286 g/mol. The molecule has 3 nitrogen and oxygen atoms in total. The molecule has 0 unspecified atom stereocenters. The molecule has 1 amide bonds. The molecule has 1 saturated heterocycles. The molecule has 1 aromatic carbocycles. The quantitative estimate of drug-likeness (QED) is 0.914. The van der Waals surface area contributed by atoms with Crippen molar-refractivity contribution in [3.05, 3.63) is 29.8 Å². The Balaban J connectivity index is 1.50. The zero-order valence-electron chi connectivity index (χ0n) is 12.8. The minimum atomic E-state index is 0.116. The van der Waals surface area contributed by atoms with E-state index in [2.05, 4.69) is 34.5 Å². The van der Waals surface area contributed by atoms with Crippen LogP contribution in [0, 0.1) is 0 Å². The Morgan fingerprint density at radius 2 is 1.67 bits per heavy atom. The van der Waals surface area contributed by atoms with E-state index in [0.717, 1.165) is 24.7 Å². The highest BCUT2D eigenvalue weighted by Crippen LogP contribution is 2.34. The number of nitrogens with zero attached hydrogens (tertiary/aromatic N) is 1. The van der Waals surface area contributed by atoms with E-state index in [4.69, 9.17) is 0 Å². The number of hydrogen-bond donors (Lipinski definition) is 1. The lowest BCUT2D eigenvalue weighted by Gasteiger charge is -2.25. The van der Waals surface area contributed by atoms with Crippen LogP contribution in [0.3, 0.4) is 0 Å². The van der Waals surface area contributed by atoms with Crippen molar-refractivity contribution >= 4 is 11.6 Å². The van der Waals surface area contributed by atoms with Gasteiger partial charge in [-0.3, -0.25) is 9.69 Å². The number of carbonyl (C=O) groups is 1. The SMILES string of the molecule is O=C(CN1CCCCC1)Nc1ccc(C2CCCC2)cc1. The summed E-state index contributed by atoms with van der Waals surface area (Å²) in [4.78, 5) is 14.3. The van der Waals surface area contributed by atoms with Gasteiger partial charge in [0.2, 0.25) is 5.91 Å². The van der Waals surface area contributed by atoms with E-state index in [1.165, 1.54) is 50.5 Å². The summed E-state index contributed by atoms with van der Waals surface area (Å²) in [5, 5.41) is 3.03. The first-order valence-electron chi connectivity index (χ1n) is 8.43. The van der Waals surface area contributed by atoms with E-state index in [-0.39, 0.29) is 5.91 Å². The minimum Gasteiger partial charge on any atom is -0.325 e. The van der Waals surface area contributed by atoms with Gasteiger partial charge in [0.15, 0.2) is 0 Å². The average Bonchev–Trinajstić information content (AvgIpc) is 3.03. The molecule has 2 fully saturated rings. The molecule has 0 aromatic heterocycles. The number of carbonyl (C=O) groups excluding carboxylic acids is 1. The Bertz CT molecular complexity index is 457. The number of piperidine rings is 1. The summed E-state index contributed by atoms with van der Waals surface area (Å²) in [6.45, 7) is 2.66. The molecule has 1 aliphatic carbocycles. The van der Waals surface area contributed by atoms with Crippen LogP contribution in [0.2, 0.25) is 0 Å². The second-order valence-electron chi connectivity index (χ2n) is 6.49. The Morgan fingerprint density at radius 1 is 1.00 bits per heavy atom. The van der Waals surface area contributed by atoms with Crippen LogP contribution in [-0.2, 0) is 4.79 Å². The smallest absolute Gasteiger partial charge is 0.238 e. The maximum atomic E-state index is 12.1. The van der Waals surface area contributed by atoms with Crippen molar-refractivity contribution in [1.29, 1.82) is 0 Å². The molecule has 3 heteroatoms. The minimum absolute atomic E-state index is 0.116. The molecule has 1 heterocycles. The lowest BCUT2D eigenvalue weighted by atomic mass is 9.98. The molecule has 2 aliphatic rings. The summed E-state index contributed by atoms with van der Waals surface area (Å²) in [6, 6.07) is 8.49. The maximum Gasteiger partial charge on any atom is 0.238 e. The van der Waals surface area contributed by atoms with Crippen LogP contribution in [0.4, 0.5) is 5.69 Å². The second-order valence-corrected chi connectivity index (χ2v) is 6.49. The van der Waals surface area contributed by atoms with E-state index in [0.29, 0.717) is 6.54 Å². The fraction of sp³-hybridized carbons (Fsp3) is 0.611. The van der Waals surface area contributed by atoms with Gasteiger partial charge in [0.05, 0.1) is 6.54 Å². The van der Waals surface area contributed by atoms with Gasteiger partial charge >= 0.3 is 0 Å². The van der Waals surface area contributed by atoms with Gasteiger partial charge < -0.3 is 5.32 Å². The molecule has 1 aliphatic heterocycles. The number of benzene rings is 1. The molecule has 0 spiro atoms. The largest absolute Gasteiger partial charge is 0.325 e. The van der Waals surface area contributed by atoms with Crippen LogP contribution in [0.25, 0.3) is 0 Å². The number of rotatable bonds is 4. The first-order valence-corrected chi connectivity index (χ1v) is 8.43. The van der Waals surface area contributed by atoms with Crippen molar-refractivity contribution in [2.45, 2.75) is 50.9 Å². The molecule has 3 rings (SSSR count). The highest BCUT2D eigenvalue weighted by Gasteiger charge is 2.17. The van der Waals surface area contributed by atoms with Gasteiger partial charge in [-0.25, -0.2) is 0 Å². The van der Waals surface area contributed by atoms with Crippen molar-refractivity contribution in [3.63, 3.8) is 0 Å². The molecule has 21 heavy (non-hydrogen) atoms. The van der Waals surface area contributed by atoms with Gasteiger partial charge in [-0.1, -0.05) is 31.4 Å². The fourth-order valence-electron chi connectivity index (χ4n) is 3.62. The van der Waals surface area contributed by atoms with Crippen molar-refractivity contribution < 1.29 is 4.79 Å². The predicted octanol–water partition coefficient (Wildman–Crippen LogP) is 3.77. The van der Waals surface area contributed by atoms with Crippen LogP contribution in [0.1, 0.15) is 56.4 Å². The highest BCUT2D eigenvalue weighted by molar-refractivity contribution is 5.92. The standard InChI is InChI=1S/C18H26N2O/c21-18(14-20-12-4-1-5-13-20)19-17-10-8-16(9-11-17)15-6-2-3-7-15/h8-11,15H,1-7,12-14H2,(H,19,21). The summed E-state index contributed by atoms with van der Waals surface area (Å²) >= 11 is 0. The zero-order valence-corrected chi connectivity index (χ0v) is 12.8.